The van der Waals surface area contributed by atoms with Crippen molar-refractivity contribution in [2.45, 2.75) is 45.1 Å². The van der Waals surface area contributed by atoms with E-state index in [9.17, 15) is 14.3 Å². The van der Waals surface area contributed by atoms with Gasteiger partial charge in [0.1, 0.15) is 23.2 Å². The number of aromatic nitrogens is 1. The molecule has 0 bridgehead atoms. The lowest BCUT2D eigenvalue weighted by Crippen LogP contribution is -2.59. The van der Waals surface area contributed by atoms with Gasteiger partial charge < -0.3 is 20.1 Å². The van der Waals surface area contributed by atoms with Gasteiger partial charge in [0.15, 0.2) is 5.13 Å². The molecule has 24 heavy (non-hydrogen) atoms. The monoisotopic (exact) mass is 353 g/mol. The van der Waals surface area contributed by atoms with Gasteiger partial charge in [0.25, 0.3) is 0 Å². The number of likely N-dealkylation sites (tertiary alicyclic amines) is 1. The number of aliphatic hydroxyl groups excluding tert-OH is 1. The number of hydrogen-bond acceptors (Lipinski definition) is 6. The van der Waals surface area contributed by atoms with Crippen LogP contribution in [0.25, 0.3) is 10.2 Å². The predicted octanol–water partition coefficient (Wildman–Crippen LogP) is 3.18. The second-order valence-corrected chi connectivity index (χ2v) is 7.76. The van der Waals surface area contributed by atoms with E-state index in [-0.39, 0.29) is 5.52 Å². The highest BCUT2D eigenvalue weighted by atomic mass is 32.1. The Morgan fingerprint density at radius 1 is 1.54 bits per heavy atom. The summed E-state index contributed by atoms with van der Waals surface area (Å²) >= 11 is 1.25. The molecule has 1 aliphatic rings. The van der Waals surface area contributed by atoms with Gasteiger partial charge >= 0.3 is 6.09 Å². The summed E-state index contributed by atoms with van der Waals surface area (Å²) in [4.78, 5) is 17.7. The van der Waals surface area contributed by atoms with Gasteiger partial charge in [0.05, 0.1) is 10.7 Å². The van der Waals surface area contributed by atoms with Gasteiger partial charge in [-0.25, -0.2) is 14.2 Å². The molecule has 8 heteroatoms. The van der Waals surface area contributed by atoms with E-state index >= 15 is 0 Å². The van der Waals surface area contributed by atoms with E-state index < -0.39 is 29.8 Å². The van der Waals surface area contributed by atoms with Gasteiger partial charge in [0, 0.05) is 6.54 Å². The number of carbonyl (C=O) groups is 1. The normalized spacial score (nSPS) is 19.0. The number of halogens is 1. The number of nitrogens with one attached hydrogen (secondary N) is 1. The number of thiazole rings is 1. The van der Waals surface area contributed by atoms with Gasteiger partial charge in [0.2, 0.25) is 0 Å². The topological polar surface area (TPSA) is 74.7 Å². The van der Waals surface area contributed by atoms with E-state index in [4.69, 9.17) is 4.74 Å². The van der Waals surface area contributed by atoms with E-state index in [0.29, 0.717) is 22.8 Å². The van der Waals surface area contributed by atoms with Crippen molar-refractivity contribution in [2.75, 3.05) is 11.9 Å². The summed E-state index contributed by atoms with van der Waals surface area (Å²) in [6.07, 6.45) is -0.781. The maximum atomic E-state index is 13.7. The zero-order valence-corrected chi connectivity index (χ0v) is 14.6. The van der Waals surface area contributed by atoms with Crippen LogP contribution in [0.2, 0.25) is 0 Å². The number of benzene rings is 1. The molecule has 1 amide bonds. The Hall–Kier alpha value is -1.93. The summed E-state index contributed by atoms with van der Waals surface area (Å²) in [6.45, 7) is 5.92. The smallest absolute Gasteiger partial charge is 0.410 e. The molecule has 1 saturated heterocycles. The zero-order valence-electron chi connectivity index (χ0n) is 13.7. The average molecular weight is 353 g/mol. The largest absolute Gasteiger partial charge is 0.444 e. The van der Waals surface area contributed by atoms with Crippen molar-refractivity contribution in [1.29, 1.82) is 0 Å². The molecule has 2 atom stereocenters. The Kier molecular flexibility index (Phi) is 4.35. The van der Waals surface area contributed by atoms with Gasteiger partial charge in [-0.3, -0.25) is 0 Å². The summed E-state index contributed by atoms with van der Waals surface area (Å²) in [6, 6.07) is 4.34. The SMILES string of the molecule is CC(C)(C)OC(=O)N1CC[C@H]1C(O)Nc1nc2c(F)cccc2s1. The second-order valence-electron chi connectivity index (χ2n) is 6.72. The second kappa shape index (κ2) is 6.18. The van der Waals surface area contributed by atoms with Crippen LogP contribution >= 0.6 is 11.3 Å². The molecule has 2 N–H and O–H groups in total. The Bertz CT molecular complexity index is 759. The van der Waals surface area contributed by atoms with E-state index in [0.717, 1.165) is 0 Å². The van der Waals surface area contributed by atoms with E-state index in [1.165, 1.54) is 22.3 Å². The molecular formula is C16H20FN3O3S. The first kappa shape index (κ1) is 16.9. The van der Waals surface area contributed by atoms with Gasteiger partial charge in [-0.15, -0.1) is 0 Å². The van der Waals surface area contributed by atoms with Crippen LogP contribution in [0.5, 0.6) is 0 Å². The van der Waals surface area contributed by atoms with E-state index in [1.807, 2.05) is 0 Å². The third-order valence-electron chi connectivity index (χ3n) is 3.70. The summed E-state index contributed by atoms with van der Waals surface area (Å²) < 4.78 is 19.7. The molecule has 0 saturated carbocycles. The molecule has 1 aromatic carbocycles. The van der Waals surface area contributed by atoms with E-state index in [1.54, 1.807) is 32.9 Å². The molecule has 1 aromatic heterocycles. The van der Waals surface area contributed by atoms with Crippen molar-refractivity contribution in [3.63, 3.8) is 0 Å². The lowest BCUT2D eigenvalue weighted by molar-refractivity contribution is -0.0334. The molecule has 1 fully saturated rings. The Morgan fingerprint density at radius 3 is 2.88 bits per heavy atom. The van der Waals surface area contributed by atoms with Crippen molar-refractivity contribution >= 4 is 32.8 Å². The van der Waals surface area contributed by atoms with E-state index in [2.05, 4.69) is 10.3 Å². The van der Waals surface area contributed by atoms with Crippen LogP contribution in [0, 0.1) is 5.82 Å². The predicted molar refractivity (Wildman–Crippen MR) is 90.6 cm³/mol. The zero-order chi connectivity index (χ0) is 17.5. The lowest BCUT2D eigenvalue weighted by Gasteiger charge is -2.43. The third-order valence-corrected chi connectivity index (χ3v) is 4.65. The van der Waals surface area contributed by atoms with Crippen LogP contribution in [-0.2, 0) is 4.74 Å². The van der Waals surface area contributed by atoms with Crippen LogP contribution < -0.4 is 5.32 Å². The van der Waals surface area contributed by atoms with Crippen molar-refractivity contribution < 1.29 is 19.0 Å². The molecule has 2 heterocycles. The molecule has 6 nitrogen and oxygen atoms in total. The fraction of sp³-hybridized carbons (Fsp3) is 0.500. The maximum absolute atomic E-state index is 13.7. The number of fused-ring (bicyclic) bond motifs is 1. The number of anilines is 1. The third kappa shape index (κ3) is 3.44. The maximum Gasteiger partial charge on any atom is 0.410 e. The first-order valence-corrected chi connectivity index (χ1v) is 8.55. The minimum atomic E-state index is -0.991. The number of aliphatic hydroxyl groups is 1. The molecule has 0 spiro atoms. The Morgan fingerprint density at radius 2 is 2.29 bits per heavy atom. The van der Waals surface area contributed by atoms with Crippen LogP contribution in [0.15, 0.2) is 18.2 Å². The fourth-order valence-electron chi connectivity index (χ4n) is 2.48. The number of para-hydroxylation sites is 1. The molecular weight excluding hydrogens is 333 g/mol. The minimum absolute atomic E-state index is 0.273. The minimum Gasteiger partial charge on any atom is -0.444 e. The van der Waals surface area contributed by atoms with Crippen molar-refractivity contribution in [3.8, 4) is 0 Å². The highest BCUT2D eigenvalue weighted by molar-refractivity contribution is 7.22. The first-order chi connectivity index (χ1) is 11.2. The van der Waals surface area contributed by atoms with Gasteiger partial charge in [-0.05, 0) is 39.3 Å². The van der Waals surface area contributed by atoms with Gasteiger partial charge in [-0.1, -0.05) is 17.4 Å². The number of nitrogens with zero attached hydrogens (tertiary/aromatic N) is 2. The number of amides is 1. The van der Waals surface area contributed by atoms with Crippen LogP contribution in [0.3, 0.4) is 0 Å². The first-order valence-electron chi connectivity index (χ1n) is 7.74. The van der Waals surface area contributed by atoms with Crippen LogP contribution in [0.4, 0.5) is 14.3 Å². The number of carbonyl (C=O) groups excluding carboxylic acids is 1. The van der Waals surface area contributed by atoms with Crippen LogP contribution in [-0.4, -0.2) is 45.5 Å². The van der Waals surface area contributed by atoms with Crippen molar-refractivity contribution in [2.24, 2.45) is 0 Å². The fourth-order valence-corrected chi connectivity index (χ4v) is 3.39. The Labute approximate surface area is 143 Å². The molecule has 1 unspecified atom stereocenters. The van der Waals surface area contributed by atoms with Crippen molar-refractivity contribution in [3.05, 3.63) is 24.0 Å². The van der Waals surface area contributed by atoms with Crippen LogP contribution in [0.1, 0.15) is 27.2 Å². The molecule has 1 aliphatic heterocycles. The molecule has 0 radical (unpaired) electrons. The molecule has 130 valence electrons. The average Bonchev–Trinajstić information content (AvgIpc) is 2.78. The highest BCUT2D eigenvalue weighted by Crippen LogP contribution is 2.30. The number of ether oxygens (including phenoxy) is 1. The number of hydrogen-bond donors (Lipinski definition) is 2. The highest BCUT2D eigenvalue weighted by Gasteiger charge is 2.39. The summed E-state index contributed by atoms with van der Waals surface area (Å²) in [5.74, 6) is -0.398. The van der Waals surface area contributed by atoms with Gasteiger partial charge in [-0.2, -0.15) is 0 Å². The summed E-state index contributed by atoms with van der Waals surface area (Å²) in [5, 5.41) is 13.6. The number of rotatable bonds is 3. The van der Waals surface area contributed by atoms with Crippen molar-refractivity contribution in [1.82, 2.24) is 9.88 Å². The standard InChI is InChI=1S/C16H20FN3O3S/c1-16(2,3)23-15(22)20-8-7-10(20)13(21)19-14-18-12-9(17)5-4-6-11(12)24-14/h4-6,10,13,21H,7-8H2,1-3H3,(H,18,19)/t10-,13?/m0/s1. The molecule has 0 aliphatic carbocycles. The molecule has 2 aromatic rings. The summed E-state index contributed by atoms with van der Waals surface area (Å²) in [5.41, 5.74) is -0.310. The Balaban J connectivity index is 1.67. The quantitative estimate of drug-likeness (QED) is 0.829. The lowest BCUT2D eigenvalue weighted by atomic mass is 10.0. The molecule has 3 rings (SSSR count). The summed E-state index contributed by atoms with van der Waals surface area (Å²) in [7, 11) is 0.